The van der Waals surface area contributed by atoms with Gasteiger partial charge in [0.25, 0.3) is 0 Å². The maximum atomic E-state index is 5.53. The summed E-state index contributed by atoms with van der Waals surface area (Å²) in [7, 11) is 0. The lowest BCUT2D eigenvalue weighted by Gasteiger charge is -2.22. The third-order valence-electron chi connectivity index (χ3n) is 3.47. The van der Waals surface area contributed by atoms with Crippen LogP contribution < -0.4 is 5.73 Å². The highest BCUT2D eigenvalue weighted by atomic mass is 15.4. The first kappa shape index (κ1) is 13.5. The van der Waals surface area contributed by atoms with Crippen molar-refractivity contribution in [2.45, 2.75) is 52.2 Å². The quantitative estimate of drug-likeness (QED) is 0.755. The molecule has 5 heteroatoms. The van der Waals surface area contributed by atoms with Gasteiger partial charge in [-0.2, -0.15) is 0 Å². The van der Waals surface area contributed by atoms with Gasteiger partial charge >= 0.3 is 0 Å². The molecule has 2 N–H and O–H groups in total. The second kappa shape index (κ2) is 6.29. The third-order valence-corrected chi connectivity index (χ3v) is 3.47. The smallest absolute Gasteiger partial charge is 0.0962 e. The van der Waals surface area contributed by atoms with Crippen LogP contribution in [0, 0.1) is 5.92 Å². The number of hydrogen-bond acceptors (Lipinski definition) is 4. The van der Waals surface area contributed by atoms with E-state index < -0.39 is 0 Å². The summed E-state index contributed by atoms with van der Waals surface area (Å²) in [5, 5.41) is 8.11. The standard InChI is InChI=1S/C13H25N5/c1-11(2)5-6-17(13-3-4-13)7-8-18-10-12(9-14)15-16-18/h10-11,13H,3-9,14H2,1-2H3. The zero-order valence-electron chi connectivity index (χ0n) is 11.5. The maximum absolute atomic E-state index is 5.53. The first-order valence-electron chi connectivity index (χ1n) is 7.02. The van der Waals surface area contributed by atoms with Crippen molar-refractivity contribution >= 4 is 0 Å². The SMILES string of the molecule is CC(C)CCN(CCn1cc(CN)nn1)C1CC1. The number of rotatable bonds is 8. The third kappa shape index (κ3) is 4.07. The number of hydrogen-bond donors (Lipinski definition) is 1. The van der Waals surface area contributed by atoms with E-state index in [0.29, 0.717) is 6.54 Å². The Balaban J connectivity index is 1.78. The Labute approximate surface area is 109 Å². The van der Waals surface area contributed by atoms with E-state index in [0.717, 1.165) is 30.7 Å². The Morgan fingerprint density at radius 2 is 2.22 bits per heavy atom. The zero-order valence-corrected chi connectivity index (χ0v) is 11.5. The first-order chi connectivity index (χ1) is 8.69. The van der Waals surface area contributed by atoms with Gasteiger partial charge in [0.1, 0.15) is 0 Å². The summed E-state index contributed by atoms with van der Waals surface area (Å²) < 4.78 is 1.91. The Hall–Kier alpha value is -0.940. The Morgan fingerprint density at radius 1 is 1.44 bits per heavy atom. The van der Waals surface area contributed by atoms with Gasteiger partial charge in [-0.25, -0.2) is 0 Å². The van der Waals surface area contributed by atoms with Crippen LogP contribution in [0.4, 0.5) is 0 Å². The molecule has 1 aliphatic rings. The lowest BCUT2D eigenvalue weighted by atomic mass is 10.1. The first-order valence-corrected chi connectivity index (χ1v) is 7.02. The molecule has 0 aromatic carbocycles. The predicted molar refractivity (Wildman–Crippen MR) is 72.0 cm³/mol. The summed E-state index contributed by atoms with van der Waals surface area (Å²) in [6.07, 6.45) is 5.96. The van der Waals surface area contributed by atoms with E-state index in [-0.39, 0.29) is 0 Å². The van der Waals surface area contributed by atoms with E-state index in [4.69, 9.17) is 5.73 Å². The van der Waals surface area contributed by atoms with Gasteiger partial charge in [-0.05, 0) is 31.7 Å². The molecule has 0 aliphatic heterocycles. The van der Waals surface area contributed by atoms with E-state index in [9.17, 15) is 0 Å². The Bertz CT molecular complexity index is 356. The summed E-state index contributed by atoms with van der Waals surface area (Å²) in [5.41, 5.74) is 6.40. The van der Waals surface area contributed by atoms with Gasteiger partial charge in [0.2, 0.25) is 0 Å². The summed E-state index contributed by atoms with van der Waals surface area (Å²) in [6.45, 7) is 8.25. The molecule has 1 fully saturated rings. The van der Waals surface area contributed by atoms with Crippen LogP contribution in [0.1, 0.15) is 38.8 Å². The maximum Gasteiger partial charge on any atom is 0.0962 e. The van der Waals surface area contributed by atoms with Gasteiger partial charge < -0.3 is 5.73 Å². The minimum Gasteiger partial charge on any atom is -0.325 e. The van der Waals surface area contributed by atoms with Crippen LogP contribution in [0.25, 0.3) is 0 Å². The van der Waals surface area contributed by atoms with Gasteiger partial charge in [0, 0.05) is 25.3 Å². The lowest BCUT2D eigenvalue weighted by Crippen LogP contribution is -2.31. The monoisotopic (exact) mass is 251 g/mol. The van der Waals surface area contributed by atoms with Gasteiger partial charge in [-0.1, -0.05) is 19.1 Å². The number of aromatic nitrogens is 3. The van der Waals surface area contributed by atoms with E-state index >= 15 is 0 Å². The molecule has 0 bridgehead atoms. The second-order valence-electron chi connectivity index (χ2n) is 5.63. The number of nitrogens with zero attached hydrogens (tertiary/aromatic N) is 4. The predicted octanol–water partition coefficient (Wildman–Crippen LogP) is 1.25. The fourth-order valence-corrected chi connectivity index (χ4v) is 2.11. The van der Waals surface area contributed by atoms with Crippen molar-refractivity contribution in [2.24, 2.45) is 11.7 Å². The van der Waals surface area contributed by atoms with Crippen molar-refractivity contribution < 1.29 is 0 Å². The van der Waals surface area contributed by atoms with Crippen molar-refractivity contribution in [2.75, 3.05) is 13.1 Å². The van der Waals surface area contributed by atoms with Gasteiger partial charge in [0.05, 0.1) is 12.2 Å². The lowest BCUT2D eigenvalue weighted by molar-refractivity contribution is 0.234. The van der Waals surface area contributed by atoms with Crippen molar-refractivity contribution in [1.82, 2.24) is 19.9 Å². The van der Waals surface area contributed by atoms with Gasteiger partial charge in [0.15, 0.2) is 0 Å². The van der Waals surface area contributed by atoms with Gasteiger partial charge in [-0.15, -0.1) is 5.10 Å². The second-order valence-corrected chi connectivity index (χ2v) is 5.63. The van der Waals surface area contributed by atoms with Gasteiger partial charge in [-0.3, -0.25) is 9.58 Å². The van der Waals surface area contributed by atoms with Crippen LogP contribution in [0.5, 0.6) is 0 Å². The highest BCUT2D eigenvalue weighted by Crippen LogP contribution is 2.27. The average molecular weight is 251 g/mol. The van der Waals surface area contributed by atoms with Crippen molar-refractivity contribution in [3.8, 4) is 0 Å². The molecule has 0 spiro atoms. The van der Waals surface area contributed by atoms with Crippen LogP contribution in [0.15, 0.2) is 6.20 Å². The molecule has 0 radical (unpaired) electrons. The molecule has 1 aromatic heterocycles. The molecule has 18 heavy (non-hydrogen) atoms. The summed E-state index contributed by atoms with van der Waals surface area (Å²) >= 11 is 0. The summed E-state index contributed by atoms with van der Waals surface area (Å²) in [4.78, 5) is 2.60. The summed E-state index contributed by atoms with van der Waals surface area (Å²) in [6, 6.07) is 0.821. The van der Waals surface area contributed by atoms with Crippen LogP contribution in [-0.2, 0) is 13.1 Å². The molecule has 0 atom stereocenters. The number of nitrogens with two attached hydrogens (primary N) is 1. The molecule has 5 nitrogen and oxygen atoms in total. The minimum atomic E-state index is 0.472. The highest BCUT2D eigenvalue weighted by molar-refractivity contribution is 4.91. The molecule has 102 valence electrons. The van der Waals surface area contributed by atoms with E-state index in [1.807, 2.05) is 10.9 Å². The van der Waals surface area contributed by atoms with E-state index in [1.165, 1.54) is 25.8 Å². The largest absolute Gasteiger partial charge is 0.325 e. The average Bonchev–Trinajstić information content (AvgIpc) is 3.07. The van der Waals surface area contributed by atoms with Crippen molar-refractivity contribution in [3.05, 3.63) is 11.9 Å². The normalized spacial score (nSPS) is 15.8. The molecule has 0 unspecified atom stereocenters. The Morgan fingerprint density at radius 3 is 2.78 bits per heavy atom. The van der Waals surface area contributed by atoms with Crippen LogP contribution in [0.3, 0.4) is 0 Å². The molecule has 2 rings (SSSR count). The highest BCUT2D eigenvalue weighted by Gasteiger charge is 2.28. The zero-order chi connectivity index (χ0) is 13.0. The van der Waals surface area contributed by atoms with Crippen molar-refractivity contribution in [3.63, 3.8) is 0 Å². The molecule has 1 heterocycles. The fourth-order valence-electron chi connectivity index (χ4n) is 2.11. The molecule has 0 saturated heterocycles. The van der Waals surface area contributed by atoms with E-state index in [1.54, 1.807) is 0 Å². The van der Waals surface area contributed by atoms with Crippen LogP contribution in [-0.4, -0.2) is 39.0 Å². The van der Waals surface area contributed by atoms with Crippen LogP contribution >= 0.6 is 0 Å². The van der Waals surface area contributed by atoms with Crippen molar-refractivity contribution in [1.29, 1.82) is 0 Å². The summed E-state index contributed by atoms with van der Waals surface area (Å²) in [5.74, 6) is 0.779. The minimum absolute atomic E-state index is 0.472. The Kier molecular flexibility index (Phi) is 4.72. The fraction of sp³-hybridized carbons (Fsp3) is 0.846. The molecule has 0 amide bonds. The molecular weight excluding hydrogens is 226 g/mol. The molecule has 1 aliphatic carbocycles. The molecule has 1 aromatic rings. The topological polar surface area (TPSA) is 60.0 Å². The van der Waals surface area contributed by atoms with Crippen LogP contribution in [0.2, 0.25) is 0 Å². The van der Waals surface area contributed by atoms with E-state index in [2.05, 4.69) is 29.1 Å². The molecule has 1 saturated carbocycles. The molecular formula is C13H25N5.